The number of aromatic nitrogens is 3. The van der Waals surface area contributed by atoms with E-state index in [0.29, 0.717) is 22.0 Å². The van der Waals surface area contributed by atoms with E-state index < -0.39 is 0 Å². The molecule has 1 N–H and O–H groups in total. The first-order valence-electron chi connectivity index (χ1n) is 9.48. The van der Waals surface area contributed by atoms with E-state index in [9.17, 15) is 4.79 Å². The molecule has 1 heterocycles. The summed E-state index contributed by atoms with van der Waals surface area (Å²) >= 11 is 7.70. The molecule has 6 nitrogen and oxygen atoms in total. The zero-order valence-corrected chi connectivity index (χ0v) is 18.2. The van der Waals surface area contributed by atoms with Crippen LogP contribution in [0.15, 0.2) is 89.2 Å². The quantitative estimate of drug-likeness (QED) is 0.405. The van der Waals surface area contributed by atoms with Crippen LogP contribution in [0, 0.1) is 0 Å². The summed E-state index contributed by atoms with van der Waals surface area (Å²) < 4.78 is 7.74. The van der Waals surface area contributed by atoms with E-state index in [2.05, 4.69) is 15.5 Å². The SMILES string of the molecule is Cn1cnnc1Sc1ccc(NC(=O)c2ccccc2OCc2ccccc2Cl)cc1. The van der Waals surface area contributed by atoms with Crippen LogP contribution in [-0.2, 0) is 13.7 Å². The number of anilines is 1. The number of nitrogens with zero attached hydrogens (tertiary/aromatic N) is 3. The highest BCUT2D eigenvalue weighted by Crippen LogP contribution is 2.27. The number of aryl methyl sites for hydroxylation is 1. The van der Waals surface area contributed by atoms with Gasteiger partial charge in [0.15, 0.2) is 5.16 Å². The number of ether oxygens (including phenoxy) is 1. The Morgan fingerprint density at radius 3 is 2.55 bits per heavy atom. The average molecular weight is 451 g/mol. The van der Waals surface area contributed by atoms with Gasteiger partial charge in [-0.3, -0.25) is 4.79 Å². The number of hydrogen-bond acceptors (Lipinski definition) is 5. The van der Waals surface area contributed by atoms with Gasteiger partial charge in [-0.05, 0) is 54.2 Å². The summed E-state index contributed by atoms with van der Waals surface area (Å²) in [7, 11) is 1.89. The molecule has 0 atom stereocenters. The highest BCUT2D eigenvalue weighted by molar-refractivity contribution is 7.99. The van der Waals surface area contributed by atoms with Crippen molar-refractivity contribution in [1.29, 1.82) is 0 Å². The Balaban J connectivity index is 1.43. The van der Waals surface area contributed by atoms with E-state index in [1.54, 1.807) is 24.5 Å². The normalized spacial score (nSPS) is 10.6. The summed E-state index contributed by atoms with van der Waals surface area (Å²) in [5, 5.41) is 12.3. The van der Waals surface area contributed by atoms with Gasteiger partial charge in [-0.25, -0.2) is 0 Å². The largest absolute Gasteiger partial charge is 0.488 e. The number of benzene rings is 3. The van der Waals surface area contributed by atoms with E-state index in [1.165, 1.54) is 11.8 Å². The number of amides is 1. The first-order chi connectivity index (χ1) is 15.1. The molecular weight excluding hydrogens is 432 g/mol. The van der Waals surface area contributed by atoms with Gasteiger partial charge in [0.1, 0.15) is 18.7 Å². The number of carbonyl (C=O) groups excluding carboxylic acids is 1. The van der Waals surface area contributed by atoms with E-state index in [0.717, 1.165) is 15.6 Å². The Bertz CT molecular complexity index is 1190. The van der Waals surface area contributed by atoms with Crippen molar-refractivity contribution in [2.45, 2.75) is 16.7 Å². The number of nitrogens with one attached hydrogen (secondary N) is 1. The molecule has 0 bridgehead atoms. The summed E-state index contributed by atoms with van der Waals surface area (Å²) in [6, 6.07) is 22.2. The zero-order chi connectivity index (χ0) is 21.6. The van der Waals surface area contributed by atoms with Crippen molar-refractivity contribution < 1.29 is 9.53 Å². The minimum absolute atomic E-state index is 0.247. The lowest BCUT2D eigenvalue weighted by atomic mass is 10.1. The Kier molecular flexibility index (Phi) is 6.54. The van der Waals surface area contributed by atoms with Crippen LogP contribution >= 0.6 is 23.4 Å². The number of hydrogen-bond donors (Lipinski definition) is 1. The van der Waals surface area contributed by atoms with Gasteiger partial charge < -0.3 is 14.6 Å². The van der Waals surface area contributed by atoms with E-state index in [-0.39, 0.29) is 12.5 Å². The van der Waals surface area contributed by atoms with Crippen molar-refractivity contribution in [2.75, 3.05) is 5.32 Å². The Morgan fingerprint density at radius 2 is 1.81 bits per heavy atom. The number of carbonyl (C=O) groups is 1. The lowest BCUT2D eigenvalue weighted by Crippen LogP contribution is -2.13. The Hall–Kier alpha value is -3.29. The first kappa shape index (κ1) is 21.0. The molecule has 4 rings (SSSR count). The minimum atomic E-state index is -0.247. The second-order valence-corrected chi connectivity index (χ2v) is 8.13. The predicted molar refractivity (Wildman–Crippen MR) is 122 cm³/mol. The van der Waals surface area contributed by atoms with Crippen LogP contribution in [0.5, 0.6) is 5.75 Å². The number of rotatable bonds is 7. The molecule has 0 radical (unpaired) electrons. The topological polar surface area (TPSA) is 69.0 Å². The molecule has 1 aromatic heterocycles. The van der Waals surface area contributed by atoms with E-state index >= 15 is 0 Å². The van der Waals surface area contributed by atoms with Crippen LogP contribution in [0.4, 0.5) is 5.69 Å². The number of para-hydroxylation sites is 1. The third-order valence-corrected chi connectivity index (χ3v) is 5.89. The second-order valence-electron chi connectivity index (χ2n) is 6.68. The minimum Gasteiger partial charge on any atom is -0.488 e. The summed E-state index contributed by atoms with van der Waals surface area (Å²) in [5.41, 5.74) is 2.00. The maximum atomic E-state index is 12.9. The molecule has 0 saturated heterocycles. The van der Waals surface area contributed by atoms with Crippen LogP contribution in [0.1, 0.15) is 15.9 Å². The highest BCUT2D eigenvalue weighted by Gasteiger charge is 2.13. The molecule has 0 aliphatic rings. The molecule has 0 unspecified atom stereocenters. The van der Waals surface area contributed by atoms with Gasteiger partial charge in [0, 0.05) is 28.2 Å². The van der Waals surface area contributed by atoms with E-state index in [4.69, 9.17) is 16.3 Å². The van der Waals surface area contributed by atoms with Crippen LogP contribution < -0.4 is 10.1 Å². The van der Waals surface area contributed by atoms with Crippen LogP contribution in [0.3, 0.4) is 0 Å². The van der Waals surface area contributed by atoms with Crippen LogP contribution in [-0.4, -0.2) is 20.7 Å². The van der Waals surface area contributed by atoms with Crippen LogP contribution in [0.25, 0.3) is 0 Å². The molecule has 1 amide bonds. The Labute approximate surface area is 189 Å². The van der Waals surface area contributed by atoms with Crippen molar-refractivity contribution in [3.63, 3.8) is 0 Å². The first-order valence-corrected chi connectivity index (χ1v) is 10.7. The molecule has 0 spiro atoms. The molecule has 0 saturated carbocycles. The summed E-state index contributed by atoms with van der Waals surface area (Å²) in [5.74, 6) is 0.248. The van der Waals surface area contributed by atoms with Crippen LogP contribution in [0.2, 0.25) is 5.02 Å². The van der Waals surface area contributed by atoms with Crippen molar-refractivity contribution in [3.05, 3.63) is 95.3 Å². The average Bonchev–Trinajstić information content (AvgIpc) is 3.19. The van der Waals surface area contributed by atoms with E-state index in [1.807, 2.05) is 66.2 Å². The molecule has 31 heavy (non-hydrogen) atoms. The standard InChI is InChI=1S/C23H19ClN4O2S/c1-28-15-25-27-23(28)31-18-12-10-17(11-13-18)26-22(29)19-7-3-5-9-21(19)30-14-16-6-2-4-8-20(16)24/h2-13,15H,14H2,1H3,(H,26,29). The summed E-state index contributed by atoms with van der Waals surface area (Å²) in [6.07, 6.45) is 1.65. The predicted octanol–water partition coefficient (Wildman–Crippen LogP) is 5.45. The molecule has 8 heteroatoms. The molecule has 4 aromatic rings. The fourth-order valence-electron chi connectivity index (χ4n) is 2.83. The fourth-order valence-corrected chi connectivity index (χ4v) is 3.78. The molecular formula is C23H19ClN4O2S. The van der Waals surface area contributed by atoms with Gasteiger partial charge >= 0.3 is 0 Å². The third kappa shape index (κ3) is 5.25. The van der Waals surface area contributed by atoms with Crippen molar-refractivity contribution in [2.24, 2.45) is 7.05 Å². The van der Waals surface area contributed by atoms with Gasteiger partial charge in [-0.15, -0.1) is 10.2 Å². The summed E-state index contributed by atoms with van der Waals surface area (Å²) in [6.45, 7) is 0.276. The van der Waals surface area contributed by atoms with Gasteiger partial charge in [0.25, 0.3) is 5.91 Å². The smallest absolute Gasteiger partial charge is 0.259 e. The second kappa shape index (κ2) is 9.68. The molecule has 3 aromatic carbocycles. The molecule has 156 valence electrons. The maximum absolute atomic E-state index is 12.9. The lowest BCUT2D eigenvalue weighted by molar-refractivity contribution is 0.102. The van der Waals surface area contributed by atoms with Crippen molar-refractivity contribution in [1.82, 2.24) is 14.8 Å². The summed E-state index contributed by atoms with van der Waals surface area (Å²) in [4.78, 5) is 13.9. The lowest BCUT2D eigenvalue weighted by Gasteiger charge is -2.12. The van der Waals surface area contributed by atoms with Crippen molar-refractivity contribution >= 4 is 35.0 Å². The molecule has 0 aliphatic carbocycles. The Morgan fingerprint density at radius 1 is 1.06 bits per heavy atom. The molecule has 0 aliphatic heterocycles. The van der Waals surface area contributed by atoms with Gasteiger partial charge in [0.2, 0.25) is 0 Å². The number of halogens is 1. The molecule has 0 fully saturated rings. The van der Waals surface area contributed by atoms with Crippen molar-refractivity contribution in [3.8, 4) is 5.75 Å². The monoisotopic (exact) mass is 450 g/mol. The third-order valence-electron chi connectivity index (χ3n) is 4.46. The fraction of sp³-hybridized carbons (Fsp3) is 0.0870. The van der Waals surface area contributed by atoms with Gasteiger partial charge in [-0.1, -0.05) is 41.9 Å². The van der Waals surface area contributed by atoms with Gasteiger partial charge in [0.05, 0.1) is 5.56 Å². The zero-order valence-electron chi connectivity index (χ0n) is 16.7. The van der Waals surface area contributed by atoms with Gasteiger partial charge in [-0.2, -0.15) is 0 Å². The highest BCUT2D eigenvalue weighted by atomic mass is 35.5. The maximum Gasteiger partial charge on any atom is 0.259 e.